The molecule has 3 aromatic rings. The van der Waals surface area contributed by atoms with E-state index in [9.17, 15) is 19.2 Å². The minimum atomic E-state index is -0.613. The van der Waals surface area contributed by atoms with Gasteiger partial charge in [0.1, 0.15) is 22.0 Å². The quantitative estimate of drug-likeness (QED) is 0.514. The number of nitrogens with zero attached hydrogens (tertiary/aromatic N) is 2. The molecule has 0 saturated heterocycles. The van der Waals surface area contributed by atoms with Crippen LogP contribution >= 0.6 is 11.3 Å². The molecule has 9 nitrogen and oxygen atoms in total. The Hall–Kier alpha value is -3.40. The van der Waals surface area contributed by atoms with E-state index in [1.807, 2.05) is 24.3 Å². The lowest BCUT2D eigenvalue weighted by atomic mass is 10.1. The van der Waals surface area contributed by atoms with E-state index < -0.39 is 29.7 Å². The summed E-state index contributed by atoms with van der Waals surface area (Å²) in [6, 6.07) is 7.45. The number of aromatic nitrogens is 2. The number of ether oxygens (including phenoxy) is 2. The molecule has 0 saturated carbocycles. The van der Waals surface area contributed by atoms with Crippen LogP contribution < -0.4 is 21.3 Å². The maximum absolute atomic E-state index is 13.3. The number of carbonyl (C=O) groups excluding carboxylic acids is 2. The predicted octanol–water partition coefficient (Wildman–Crippen LogP) is 1.71. The molecule has 2 aromatic heterocycles. The number of nitrogens with one attached hydrogen (secondary N) is 1. The van der Waals surface area contributed by atoms with Crippen molar-refractivity contribution in [1.82, 2.24) is 14.5 Å². The van der Waals surface area contributed by atoms with Crippen LogP contribution in [0.1, 0.15) is 27.7 Å². The molecule has 0 fully saturated rings. The number of fused-ring (bicyclic) bond motifs is 1. The summed E-state index contributed by atoms with van der Waals surface area (Å²) in [7, 11) is 3.00. The summed E-state index contributed by atoms with van der Waals surface area (Å²) in [4.78, 5) is 51.4. The molecule has 1 amide bonds. The lowest BCUT2D eigenvalue weighted by molar-refractivity contribution is -0.121. The van der Waals surface area contributed by atoms with Crippen LogP contribution in [0.3, 0.4) is 0 Å². The molecule has 0 radical (unpaired) electrons. The monoisotopic (exact) mass is 459 g/mol. The van der Waals surface area contributed by atoms with Crippen molar-refractivity contribution in [1.29, 1.82) is 0 Å². The normalized spacial score (nSPS) is 10.9. The Bertz CT molecular complexity index is 1290. The van der Waals surface area contributed by atoms with E-state index in [-0.39, 0.29) is 23.4 Å². The second-order valence-electron chi connectivity index (χ2n) is 7.02. The molecular weight excluding hydrogens is 434 g/mol. The van der Waals surface area contributed by atoms with Gasteiger partial charge in [0.25, 0.3) is 5.56 Å². The Morgan fingerprint density at radius 1 is 1.16 bits per heavy atom. The Labute approximate surface area is 188 Å². The van der Waals surface area contributed by atoms with Gasteiger partial charge in [-0.15, -0.1) is 11.3 Å². The zero-order valence-electron chi connectivity index (χ0n) is 18.4. The molecule has 0 aliphatic carbocycles. The van der Waals surface area contributed by atoms with Crippen LogP contribution in [0.4, 0.5) is 0 Å². The van der Waals surface area contributed by atoms with E-state index >= 15 is 0 Å². The van der Waals surface area contributed by atoms with Gasteiger partial charge in [0, 0.05) is 13.6 Å². The summed E-state index contributed by atoms with van der Waals surface area (Å²) < 4.78 is 12.8. The molecule has 0 bridgehead atoms. The summed E-state index contributed by atoms with van der Waals surface area (Å²) in [5.74, 6) is -0.337. The second kappa shape index (κ2) is 9.82. The van der Waals surface area contributed by atoms with Gasteiger partial charge in [0.05, 0.1) is 19.1 Å². The number of rotatable bonds is 8. The molecule has 10 heteroatoms. The first-order chi connectivity index (χ1) is 15.3. The first kappa shape index (κ1) is 23.3. The Balaban J connectivity index is 2.21. The predicted molar refractivity (Wildman–Crippen MR) is 122 cm³/mol. The zero-order valence-corrected chi connectivity index (χ0v) is 19.2. The molecule has 0 aliphatic heterocycles. The number of hydrogen-bond donors (Lipinski definition) is 1. The van der Waals surface area contributed by atoms with Gasteiger partial charge in [-0.2, -0.15) is 0 Å². The average molecular weight is 460 g/mol. The van der Waals surface area contributed by atoms with Gasteiger partial charge in [-0.3, -0.25) is 18.7 Å². The third kappa shape index (κ3) is 4.31. The highest BCUT2D eigenvalue weighted by atomic mass is 32.1. The topological polar surface area (TPSA) is 109 Å². The van der Waals surface area contributed by atoms with Crippen LogP contribution in [0, 0.1) is 6.92 Å². The van der Waals surface area contributed by atoms with Crippen molar-refractivity contribution in [2.24, 2.45) is 0 Å². The summed E-state index contributed by atoms with van der Waals surface area (Å²) in [5, 5.41) is 2.67. The minimum Gasteiger partial charge on any atom is -0.496 e. The van der Waals surface area contributed by atoms with E-state index in [4.69, 9.17) is 9.47 Å². The number of methoxy groups -OCH3 is 1. The van der Waals surface area contributed by atoms with E-state index in [0.29, 0.717) is 22.6 Å². The number of hydrogen-bond acceptors (Lipinski definition) is 7. The molecule has 0 spiro atoms. The highest BCUT2D eigenvalue weighted by Crippen LogP contribution is 2.29. The van der Waals surface area contributed by atoms with Gasteiger partial charge in [-0.25, -0.2) is 9.59 Å². The average Bonchev–Trinajstić information content (AvgIpc) is 3.13. The van der Waals surface area contributed by atoms with Crippen molar-refractivity contribution < 1.29 is 19.1 Å². The number of thiophene rings is 1. The highest BCUT2D eigenvalue weighted by Gasteiger charge is 2.24. The molecule has 1 N–H and O–H groups in total. The molecule has 2 heterocycles. The fourth-order valence-corrected chi connectivity index (χ4v) is 4.70. The van der Waals surface area contributed by atoms with Crippen molar-refractivity contribution in [3.05, 3.63) is 61.1 Å². The van der Waals surface area contributed by atoms with E-state index in [1.54, 1.807) is 21.0 Å². The number of amides is 1. The SMILES string of the molecule is CCOC(=O)c1sc2c(c1C)c(=O)n(CC(=O)NC)c(=O)n2CCc1ccccc1OC. The third-order valence-electron chi connectivity index (χ3n) is 5.13. The van der Waals surface area contributed by atoms with Gasteiger partial charge in [0.2, 0.25) is 5.91 Å². The molecule has 170 valence electrons. The van der Waals surface area contributed by atoms with Gasteiger partial charge in [-0.05, 0) is 37.5 Å². The third-order valence-corrected chi connectivity index (χ3v) is 6.43. The Morgan fingerprint density at radius 2 is 1.88 bits per heavy atom. The molecule has 3 rings (SSSR count). The summed E-state index contributed by atoms with van der Waals surface area (Å²) in [5.41, 5.74) is 0.104. The van der Waals surface area contributed by atoms with Crippen LogP contribution in [0.5, 0.6) is 5.75 Å². The molecule has 0 unspecified atom stereocenters. The second-order valence-corrected chi connectivity index (χ2v) is 8.02. The van der Waals surface area contributed by atoms with Crippen LogP contribution in [-0.2, 0) is 29.0 Å². The highest BCUT2D eigenvalue weighted by molar-refractivity contribution is 7.20. The number of esters is 1. The van der Waals surface area contributed by atoms with Gasteiger partial charge < -0.3 is 14.8 Å². The Kier molecular flexibility index (Phi) is 7.14. The summed E-state index contributed by atoms with van der Waals surface area (Å²) in [6.45, 7) is 3.34. The molecule has 0 atom stereocenters. The zero-order chi connectivity index (χ0) is 23.4. The van der Waals surface area contributed by atoms with Crippen molar-refractivity contribution in [2.75, 3.05) is 20.8 Å². The number of para-hydroxylation sites is 1. The van der Waals surface area contributed by atoms with E-state index in [2.05, 4.69) is 5.32 Å². The maximum atomic E-state index is 13.3. The van der Waals surface area contributed by atoms with Crippen molar-refractivity contribution in [3.63, 3.8) is 0 Å². The van der Waals surface area contributed by atoms with E-state index in [1.165, 1.54) is 11.6 Å². The van der Waals surface area contributed by atoms with Crippen molar-refractivity contribution in [2.45, 2.75) is 33.4 Å². The molecule has 0 aliphatic rings. The maximum Gasteiger partial charge on any atom is 0.348 e. The lowest BCUT2D eigenvalue weighted by Gasteiger charge is -2.13. The number of benzene rings is 1. The number of aryl methyl sites for hydroxylation is 3. The lowest BCUT2D eigenvalue weighted by Crippen LogP contribution is -2.43. The van der Waals surface area contributed by atoms with Crippen LogP contribution in [0.2, 0.25) is 0 Å². The molecule has 32 heavy (non-hydrogen) atoms. The molecule has 1 aromatic carbocycles. The van der Waals surface area contributed by atoms with Gasteiger partial charge >= 0.3 is 11.7 Å². The van der Waals surface area contributed by atoms with E-state index in [0.717, 1.165) is 21.5 Å². The number of carbonyl (C=O) groups is 2. The van der Waals surface area contributed by atoms with Crippen LogP contribution in [-0.4, -0.2) is 41.8 Å². The minimum absolute atomic E-state index is 0.189. The van der Waals surface area contributed by atoms with Crippen LogP contribution in [0.15, 0.2) is 33.9 Å². The first-order valence-electron chi connectivity index (χ1n) is 10.1. The van der Waals surface area contributed by atoms with Crippen molar-refractivity contribution >= 4 is 33.4 Å². The molecular formula is C22H25N3O6S. The first-order valence-corrected chi connectivity index (χ1v) is 10.9. The number of likely N-dealkylation sites (N-methyl/N-ethyl adjacent to an activating group) is 1. The van der Waals surface area contributed by atoms with Gasteiger partial charge in [-0.1, -0.05) is 18.2 Å². The van der Waals surface area contributed by atoms with Gasteiger partial charge in [0.15, 0.2) is 0 Å². The standard InChI is InChI=1S/C22H25N3O6S/c1-5-31-21(28)18-13(2)17-19(27)25(12-16(26)23-3)22(29)24(20(17)32-18)11-10-14-8-6-7-9-15(14)30-4/h6-9H,5,10-12H2,1-4H3,(H,23,26). The smallest absolute Gasteiger partial charge is 0.348 e. The summed E-state index contributed by atoms with van der Waals surface area (Å²) >= 11 is 1.05. The van der Waals surface area contributed by atoms with Crippen LogP contribution in [0.25, 0.3) is 10.2 Å². The fourth-order valence-electron chi connectivity index (χ4n) is 3.49. The fraction of sp³-hybridized carbons (Fsp3) is 0.364. The largest absolute Gasteiger partial charge is 0.496 e. The summed E-state index contributed by atoms with van der Waals surface area (Å²) in [6.07, 6.45) is 0.447. The Morgan fingerprint density at radius 3 is 2.53 bits per heavy atom. The van der Waals surface area contributed by atoms with Crippen molar-refractivity contribution in [3.8, 4) is 5.75 Å².